The highest BCUT2D eigenvalue weighted by molar-refractivity contribution is 7.89. The largest absolute Gasteiger partial charge is 0.508 e. The number of hydrogen-bond donors (Lipinski definition) is 1. The van der Waals surface area contributed by atoms with Crippen molar-refractivity contribution in [2.45, 2.75) is 4.90 Å². The van der Waals surface area contributed by atoms with Crippen LogP contribution < -0.4 is 0 Å². The second kappa shape index (κ2) is 4.58. The molecule has 0 saturated carbocycles. The topological polar surface area (TPSA) is 77.9 Å². The molecule has 1 saturated heterocycles. The number of carbonyl (C=O) groups excluding carboxylic acids is 1. The van der Waals surface area contributed by atoms with Gasteiger partial charge in [-0.25, -0.2) is 8.42 Å². The molecule has 0 bridgehead atoms. The quantitative estimate of drug-likeness (QED) is 0.811. The number of hydrogen-bond acceptors (Lipinski definition) is 4. The monoisotopic (exact) mass is 270 g/mol. The summed E-state index contributed by atoms with van der Waals surface area (Å²) >= 11 is 0. The third-order valence-corrected chi connectivity index (χ3v) is 4.72. The van der Waals surface area contributed by atoms with Crippen LogP contribution in [0.15, 0.2) is 29.2 Å². The fourth-order valence-corrected chi connectivity index (χ4v) is 3.16. The Labute approximate surface area is 105 Å². The molecule has 0 unspecified atom stereocenters. The molecule has 0 spiro atoms. The van der Waals surface area contributed by atoms with E-state index in [1.165, 1.54) is 29.2 Å². The maximum Gasteiger partial charge on any atom is 0.243 e. The highest BCUT2D eigenvalue weighted by Gasteiger charge is 2.31. The minimum absolute atomic E-state index is 0.000136. The van der Waals surface area contributed by atoms with Gasteiger partial charge in [0.25, 0.3) is 0 Å². The molecule has 1 aliphatic rings. The number of phenols is 1. The van der Waals surface area contributed by atoms with E-state index in [4.69, 9.17) is 0 Å². The molecule has 0 atom stereocenters. The molecule has 1 aromatic rings. The number of benzene rings is 1. The molecule has 6 nitrogen and oxygen atoms in total. The zero-order valence-corrected chi connectivity index (χ0v) is 10.7. The Morgan fingerprint density at radius 3 is 2.61 bits per heavy atom. The van der Waals surface area contributed by atoms with Crippen LogP contribution in [0.1, 0.15) is 0 Å². The van der Waals surface area contributed by atoms with Crippen molar-refractivity contribution in [3.05, 3.63) is 24.3 Å². The highest BCUT2D eigenvalue weighted by Crippen LogP contribution is 2.21. The van der Waals surface area contributed by atoms with Gasteiger partial charge >= 0.3 is 0 Å². The van der Waals surface area contributed by atoms with Gasteiger partial charge in [-0.05, 0) is 18.2 Å². The van der Waals surface area contributed by atoms with Crippen LogP contribution in [0, 0.1) is 0 Å². The summed E-state index contributed by atoms with van der Waals surface area (Å²) in [5.74, 6) is -0.346. The number of phenolic OH excluding ortho intramolecular Hbond substituents is 1. The van der Waals surface area contributed by atoms with Crippen LogP contribution in [0.2, 0.25) is 0 Å². The summed E-state index contributed by atoms with van der Waals surface area (Å²) in [6, 6.07) is 5.43. The van der Waals surface area contributed by atoms with Crippen molar-refractivity contribution < 1.29 is 18.3 Å². The zero-order valence-electron chi connectivity index (χ0n) is 9.91. The number of rotatable bonds is 2. The Morgan fingerprint density at radius 1 is 1.28 bits per heavy atom. The molecule has 1 N–H and O–H groups in total. The van der Waals surface area contributed by atoms with Crippen molar-refractivity contribution in [3.63, 3.8) is 0 Å². The molecule has 18 heavy (non-hydrogen) atoms. The van der Waals surface area contributed by atoms with Gasteiger partial charge in [-0.1, -0.05) is 6.07 Å². The van der Waals surface area contributed by atoms with E-state index in [0.29, 0.717) is 6.54 Å². The average molecular weight is 270 g/mol. The second-order valence-electron chi connectivity index (χ2n) is 4.15. The molecular weight excluding hydrogens is 256 g/mol. The van der Waals surface area contributed by atoms with E-state index < -0.39 is 10.0 Å². The fraction of sp³-hybridized carbons (Fsp3) is 0.364. The van der Waals surface area contributed by atoms with E-state index >= 15 is 0 Å². The first kappa shape index (κ1) is 12.8. The van der Waals surface area contributed by atoms with Gasteiger partial charge in [-0.2, -0.15) is 4.31 Å². The maximum atomic E-state index is 12.2. The molecule has 98 valence electrons. The second-order valence-corrected chi connectivity index (χ2v) is 6.09. The van der Waals surface area contributed by atoms with E-state index in [1.54, 1.807) is 7.05 Å². The van der Waals surface area contributed by atoms with Crippen LogP contribution >= 0.6 is 0 Å². The van der Waals surface area contributed by atoms with Gasteiger partial charge in [-0.15, -0.1) is 0 Å². The van der Waals surface area contributed by atoms with Gasteiger partial charge < -0.3 is 10.0 Å². The predicted octanol–water partition coefficient (Wildman–Crippen LogP) is -0.145. The lowest BCUT2D eigenvalue weighted by molar-refractivity contribution is -0.132. The molecular formula is C11H14N2O4S. The molecule has 0 radical (unpaired) electrons. The van der Waals surface area contributed by atoms with Crippen LogP contribution in [0.25, 0.3) is 0 Å². The van der Waals surface area contributed by atoms with Gasteiger partial charge in [0.05, 0.1) is 11.4 Å². The Kier molecular flexibility index (Phi) is 3.27. The van der Waals surface area contributed by atoms with Gasteiger partial charge in [0.15, 0.2) is 0 Å². The third-order valence-electron chi connectivity index (χ3n) is 2.88. The first-order valence-electron chi connectivity index (χ1n) is 5.44. The summed E-state index contributed by atoms with van der Waals surface area (Å²) in [5.41, 5.74) is 0. The Morgan fingerprint density at radius 2 is 2.00 bits per heavy atom. The lowest BCUT2D eigenvalue weighted by Gasteiger charge is -2.31. The first-order chi connectivity index (χ1) is 8.41. The molecule has 0 aromatic heterocycles. The number of likely N-dealkylation sites (N-methyl/N-ethyl adjacent to an activating group) is 1. The summed E-state index contributed by atoms with van der Waals surface area (Å²) in [6.07, 6.45) is 0. The highest BCUT2D eigenvalue weighted by atomic mass is 32.2. The van der Waals surface area contributed by atoms with E-state index in [-0.39, 0.29) is 29.6 Å². The Balaban J connectivity index is 2.30. The predicted molar refractivity (Wildman–Crippen MR) is 64.5 cm³/mol. The van der Waals surface area contributed by atoms with Crippen molar-refractivity contribution >= 4 is 15.9 Å². The van der Waals surface area contributed by atoms with Crippen LogP contribution in [0.3, 0.4) is 0 Å². The molecule has 1 amide bonds. The Bertz CT molecular complexity index is 570. The standard InChI is InChI=1S/C11H14N2O4S/c1-12-5-6-13(8-11(12)15)18(16,17)10-4-2-3-9(14)7-10/h2-4,7,14H,5-6,8H2,1H3. The van der Waals surface area contributed by atoms with E-state index in [9.17, 15) is 18.3 Å². The molecule has 1 aliphatic heterocycles. The van der Waals surface area contributed by atoms with Crippen molar-refractivity contribution in [2.24, 2.45) is 0 Å². The lowest BCUT2D eigenvalue weighted by Crippen LogP contribution is -2.50. The zero-order chi connectivity index (χ0) is 13.3. The summed E-state index contributed by atoms with van der Waals surface area (Å²) < 4.78 is 25.6. The lowest BCUT2D eigenvalue weighted by atomic mass is 10.3. The third kappa shape index (κ3) is 2.32. The summed E-state index contributed by atoms with van der Waals surface area (Å²) in [4.78, 5) is 13.0. The number of piperazine rings is 1. The molecule has 1 fully saturated rings. The molecule has 2 rings (SSSR count). The minimum atomic E-state index is -3.72. The van der Waals surface area contributed by atoms with E-state index in [1.807, 2.05) is 0 Å². The van der Waals surface area contributed by atoms with Crippen LogP contribution in [-0.4, -0.2) is 55.3 Å². The van der Waals surface area contributed by atoms with Crippen molar-refractivity contribution in [1.82, 2.24) is 9.21 Å². The van der Waals surface area contributed by atoms with Crippen molar-refractivity contribution in [3.8, 4) is 5.75 Å². The summed E-state index contributed by atoms with van der Waals surface area (Å²) in [6.45, 7) is 0.478. The first-order valence-corrected chi connectivity index (χ1v) is 6.88. The average Bonchev–Trinajstić information content (AvgIpc) is 2.32. The van der Waals surface area contributed by atoms with Crippen molar-refractivity contribution in [2.75, 3.05) is 26.7 Å². The molecule has 1 heterocycles. The van der Waals surface area contributed by atoms with Gasteiger partial charge in [0.1, 0.15) is 5.75 Å². The summed E-state index contributed by atoms with van der Waals surface area (Å²) in [5, 5.41) is 9.31. The van der Waals surface area contributed by atoms with Gasteiger partial charge in [-0.3, -0.25) is 4.79 Å². The number of aromatic hydroxyl groups is 1. The number of sulfonamides is 1. The smallest absolute Gasteiger partial charge is 0.243 e. The van der Waals surface area contributed by atoms with E-state index in [2.05, 4.69) is 0 Å². The van der Waals surface area contributed by atoms with Crippen LogP contribution in [-0.2, 0) is 14.8 Å². The van der Waals surface area contributed by atoms with E-state index in [0.717, 1.165) is 4.31 Å². The number of amides is 1. The van der Waals surface area contributed by atoms with Gasteiger partial charge in [0, 0.05) is 20.1 Å². The number of carbonyl (C=O) groups is 1. The Hall–Kier alpha value is -1.60. The normalized spacial score (nSPS) is 18.1. The molecule has 1 aromatic carbocycles. The maximum absolute atomic E-state index is 12.2. The molecule has 0 aliphatic carbocycles. The van der Waals surface area contributed by atoms with Crippen LogP contribution in [0.4, 0.5) is 0 Å². The number of nitrogens with zero attached hydrogens (tertiary/aromatic N) is 2. The molecule has 7 heteroatoms. The van der Waals surface area contributed by atoms with Gasteiger partial charge in [0.2, 0.25) is 15.9 Å². The minimum Gasteiger partial charge on any atom is -0.508 e. The SMILES string of the molecule is CN1CCN(S(=O)(=O)c2cccc(O)c2)CC1=O. The van der Waals surface area contributed by atoms with Crippen molar-refractivity contribution in [1.29, 1.82) is 0 Å². The fourth-order valence-electron chi connectivity index (χ4n) is 1.74. The van der Waals surface area contributed by atoms with Crippen LogP contribution in [0.5, 0.6) is 5.75 Å². The summed E-state index contributed by atoms with van der Waals surface area (Å²) in [7, 11) is -2.08.